The lowest BCUT2D eigenvalue weighted by Gasteiger charge is -2.28. The van der Waals surface area contributed by atoms with Gasteiger partial charge < -0.3 is 51.4 Å². The van der Waals surface area contributed by atoms with Gasteiger partial charge in [-0.2, -0.15) is 13.1 Å². The Balaban J connectivity index is 1.37. The van der Waals surface area contributed by atoms with Gasteiger partial charge in [0.1, 0.15) is 53.1 Å². The first-order valence-corrected chi connectivity index (χ1v) is 35.1. The first kappa shape index (κ1) is 78.9. The summed E-state index contributed by atoms with van der Waals surface area (Å²) < 4.78 is 51.1. The quantitative estimate of drug-likeness (QED) is 0.00711. The van der Waals surface area contributed by atoms with Crippen molar-refractivity contribution in [1.82, 2.24) is 60.9 Å². The summed E-state index contributed by atoms with van der Waals surface area (Å²) in [4.78, 5) is 129. The third-order valence-corrected chi connectivity index (χ3v) is 17.3. The van der Waals surface area contributed by atoms with Crippen molar-refractivity contribution in [1.29, 1.82) is 0 Å². The molecule has 0 bridgehead atoms. The molecule has 0 radical (unpaired) electrons. The van der Waals surface area contributed by atoms with E-state index >= 15 is 14.4 Å². The molecule has 2 heterocycles. The highest BCUT2D eigenvalue weighted by molar-refractivity contribution is 7.87. The summed E-state index contributed by atoms with van der Waals surface area (Å²) in [5.41, 5.74) is 1.38. The zero-order chi connectivity index (χ0) is 72.8. The van der Waals surface area contributed by atoms with Gasteiger partial charge in [0.25, 0.3) is 16.1 Å². The van der Waals surface area contributed by atoms with Gasteiger partial charge in [0, 0.05) is 48.6 Å². The van der Waals surface area contributed by atoms with E-state index in [2.05, 4.69) is 59.9 Å². The third kappa shape index (κ3) is 25.0. The third-order valence-electron chi connectivity index (χ3n) is 15.9. The van der Waals surface area contributed by atoms with Crippen molar-refractivity contribution in [2.75, 3.05) is 19.6 Å². The van der Waals surface area contributed by atoms with E-state index in [4.69, 9.17) is 20.6 Å². The van der Waals surface area contributed by atoms with E-state index in [1.54, 1.807) is 147 Å². The fraction of sp³-hybridized carbons (Fsp3) is 0.514. The number of hydrogen-bond donors (Lipinski definition) is 9. The Kier molecular flexibility index (Phi) is 28.8. The number of fused-ring (bicyclic) bond motifs is 2. The van der Waals surface area contributed by atoms with Crippen molar-refractivity contribution < 1.29 is 65.8 Å². The number of benzene rings is 3. The molecule has 5 aromatic rings. The topological polar surface area (TPSA) is 337 Å². The molecule has 0 aliphatic heterocycles. The van der Waals surface area contributed by atoms with Crippen LogP contribution in [0.1, 0.15) is 157 Å². The highest BCUT2D eigenvalue weighted by Crippen LogP contribution is 2.27. The lowest BCUT2D eigenvalue weighted by molar-refractivity contribution is -0.134. The van der Waals surface area contributed by atoms with Gasteiger partial charge in [0.05, 0.1) is 17.6 Å². The van der Waals surface area contributed by atoms with E-state index in [-0.39, 0.29) is 36.8 Å². The summed E-state index contributed by atoms with van der Waals surface area (Å²) in [5, 5.41) is 20.9. The summed E-state index contributed by atoms with van der Waals surface area (Å²) in [6.07, 6.45) is 15.1. The molecular formula is C72H100N12O14S. The Labute approximate surface area is 581 Å². The van der Waals surface area contributed by atoms with Gasteiger partial charge in [0.2, 0.25) is 29.5 Å². The minimum atomic E-state index is -5.09. The number of carbonyl (C=O) groups excluding carboxylic acids is 9. The van der Waals surface area contributed by atoms with E-state index in [9.17, 15) is 37.2 Å². The van der Waals surface area contributed by atoms with Crippen molar-refractivity contribution in [2.45, 2.75) is 219 Å². The molecule has 538 valence electrons. The maximum atomic E-state index is 15.4. The molecule has 6 atom stereocenters. The van der Waals surface area contributed by atoms with Gasteiger partial charge in [-0.1, -0.05) is 115 Å². The summed E-state index contributed by atoms with van der Waals surface area (Å²) in [7, 11) is -5.09. The van der Waals surface area contributed by atoms with Crippen LogP contribution in [-0.4, -0.2) is 154 Å². The summed E-state index contributed by atoms with van der Waals surface area (Å²) in [5.74, 6) is -2.90. The molecule has 0 unspecified atom stereocenters. The maximum absolute atomic E-state index is 15.4. The maximum Gasteiger partial charge on any atom is 0.419 e. The summed E-state index contributed by atoms with van der Waals surface area (Å²) in [6, 6.07) is 13.4. The van der Waals surface area contributed by atoms with Gasteiger partial charge in [-0.15, -0.1) is 13.0 Å². The van der Waals surface area contributed by atoms with Crippen LogP contribution in [0.25, 0.3) is 21.8 Å². The number of ether oxygens (including phenoxy) is 3. The number of rotatable bonds is 30. The van der Waals surface area contributed by atoms with E-state index in [1.165, 1.54) is 35.4 Å². The van der Waals surface area contributed by atoms with Crippen molar-refractivity contribution in [2.24, 2.45) is 0 Å². The standard InChI is InChI=1S/C72H100N12O14S/c1-14-39-73-40-29-28-36-55(63(87)76-52-32-22-17-16-18-23-33-52)77-64(88)56(42-49-30-20-19-21-31-49)79-65(89)57(43-50-45-82(68(92)97-71(8,9)10)59-37-26-24-34-53(50)59)78-61(85)47(3)74-66(90)58(44-51-46-83(69(93)98-72(11,12)13)60-38-27-25-35-54(51)60)81-99(94,95)84(41-15-2)80-62(86)48(4)75-67(91)96-70(5,6)7/h2,14,19-21,24-27,30-31,34-35,37-38,45-48,52,55-58,73,81H,1,16-18,22-23,28-29,32-33,36,39-44H2,3-13H3,(H,74,90)(H,75,91)(H,76,87)(H,77,88)(H,78,85)(H,79,89)(H,80,86)/t47-,48-,55-,56+,57-,58+/m0/s1. The second-order valence-electron chi connectivity index (χ2n) is 27.8. The lowest BCUT2D eigenvalue weighted by atomic mass is 9.96. The molecule has 2 aromatic heterocycles. The number of nitrogens with zero attached hydrogens (tertiary/aromatic N) is 3. The molecule has 1 aliphatic rings. The van der Waals surface area contributed by atoms with Gasteiger partial charge in [0.15, 0.2) is 0 Å². The predicted octanol–water partition coefficient (Wildman–Crippen LogP) is 7.41. The molecule has 9 N–H and O–H groups in total. The second-order valence-corrected chi connectivity index (χ2v) is 29.5. The molecule has 7 amide bonds. The van der Waals surface area contributed by atoms with Crippen LogP contribution in [-0.2, 0) is 72.4 Å². The van der Waals surface area contributed by atoms with Crippen molar-refractivity contribution in [3.8, 4) is 12.3 Å². The molecule has 1 aliphatic carbocycles. The van der Waals surface area contributed by atoms with Gasteiger partial charge in [-0.05, 0) is 150 Å². The molecule has 6 rings (SSSR count). The van der Waals surface area contributed by atoms with E-state index in [0.29, 0.717) is 63.3 Å². The first-order valence-electron chi connectivity index (χ1n) is 33.7. The number of alkyl carbamates (subject to hydrolysis) is 1. The average molecular weight is 1390 g/mol. The lowest BCUT2D eigenvalue weighted by Crippen LogP contribution is -2.61. The Morgan fingerprint density at radius 2 is 1.06 bits per heavy atom. The fourth-order valence-electron chi connectivity index (χ4n) is 11.1. The number of nitrogens with one attached hydrogen (secondary N) is 9. The number of carbonyl (C=O) groups is 9. The minimum Gasteiger partial charge on any atom is -0.444 e. The van der Waals surface area contributed by atoms with Gasteiger partial charge in [-0.3, -0.25) is 43.3 Å². The molecule has 26 nitrogen and oxygen atoms in total. The molecule has 1 saturated carbocycles. The normalized spacial score (nSPS) is 15.1. The molecule has 0 saturated heterocycles. The smallest absolute Gasteiger partial charge is 0.419 e. The number of aromatic nitrogens is 2. The minimum absolute atomic E-state index is 0.0654. The summed E-state index contributed by atoms with van der Waals surface area (Å²) in [6.45, 7) is 21.7. The van der Waals surface area contributed by atoms with Crippen molar-refractivity contribution in [3.05, 3.63) is 121 Å². The zero-order valence-corrected chi connectivity index (χ0v) is 59.7. The van der Waals surface area contributed by atoms with Crippen molar-refractivity contribution in [3.63, 3.8) is 0 Å². The first-order chi connectivity index (χ1) is 46.6. The number of para-hydroxylation sites is 2. The number of unbranched alkanes of at least 4 members (excludes halogenated alkanes) is 1. The Bertz CT molecular complexity index is 3800. The van der Waals surface area contributed by atoms with Crippen LogP contribution in [0.2, 0.25) is 0 Å². The largest absolute Gasteiger partial charge is 0.444 e. The van der Waals surface area contributed by atoms with Crippen LogP contribution in [0, 0.1) is 12.3 Å². The van der Waals surface area contributed by atoms with Crippen LogP contribution in [0.4, 0.5) is 14.4 Å². The molecule has 1 fully saturated rings. The van der Waals surface area contributed by atoms with Crippen LogP contribution >= 0.6 is 0 Å². The predicted molar refractivity (Wildman–Crippen MR) is 378 cm³/mol. The average Bonchev–Trinajstić information content (AvgIpc) is 1.68. The number of amides is 7. The Hall–Kier alpha value is -9.10. The van der Waals surface area contributed by atoms with E-state index < -0.39 is 124 Å². The highest BCUT2D eigenvalue weighted by atomic mass is 32.2. The van der Waals surface area contributed by atoms with Gasteiger partial charge >= 0.3 is 18.3 Å². The highest BCUT2D eigenvalue weighted by Gasteiger charge is 2.37. The Morgan fingerprint density at radius 3 is 1.60 bits per heavy atom. The number of terminal acetylenes is 1. The molecule has 27 heteroatoms. The Morgan fingerprint density at radius 1 is 0.586 bits per heavy atom. The molecular weight excluding hydrogens is 1290 g/mol. The van der Waals surface area contributed by atoms with E-state index in [0.717, 1.165) is 44.9 Å². The van der Waals surface area contributed by atoms with E-state index in [1.807, 2.05) is 0 Å². The SMILES string of the molecule is C#CCN(NC(=O)[C@H](C)NC(=O)OC(C)(C)C)S(=O)(=O)N[C@H](Cc1cn(C(=O)OC(C)(C)C)c2ccccc12)C(=O)N[C@@H](C)C(=O)N[C@@H](Cc1cn(C(=O)OC(C)(C)C)c2ccccc12)C(=O)N[C@H](Cc1ccccc1)C(=O)N[C@@H](CCCCNCC=C)C(=O)NC1CCCCCCC1. The fourth-order valence-corrected chi connectivity index (χ4v) is 12.3. The number of hydrazine groups is 1. The summed E-state index contributed by atoms with van der Waals surface area (Å²) >= 11 is 0. The number of hydrogen-bond acceptors (Lipinski definition) is 15. The molecule has 0 spiro atoms. The zero-order valence-electron chi connectivity index (χ0n) is 58.8. The second kappa shape index (κ2) is 36.1. The van der Waals surface area contributed by atoms with Gasteiger partial charge in [-0.25, -0.2) is 14.4 Å². The van der Waals surface area contributed by atoms with Crippen molar-refractivity contribution >= 4 is 85.7 Å². The monoisotopic (exact) mass is 1390 g/mol. The van der Waals surface area contributed by atoms with Crippen LogP contribution in [0.5, 0.6) is 0 Å². The molecule has 99 heavy (non-hydrogen) atoms. The molecule has 3 aromatic carbocycles. The van der Waals surface area contributed by atoms with Crippen LogP contribution in [0.3, 0.4) is 0 Å². The van der Waals surface area contributed by atoms with Crippen LogP contribution < -0.4 is 47.4 Å². The van der Waals surface area contributed by atoms with Crippen LogP contribution in [0.15, 0.2) is 104 Å².